The van der Waals surface area contributed by atoms with Crippen LogP contribution in [-0.4, -0.2) is 28.4 Å². The molecule has 0 bridgehead atoms. The van der Waals surface area contributed by atoms with Crippen molar-refractivity contribution in [1.29, 1.82) is 0 Å². The van der Waals surface area contributed by atoms with Gasteiger partial charge in [0.2, 0.25) is 0 Å². The number of nitrogens with zero attached hydrogens (tertiary/aromatic N) is 1. The highest BCUT2D eigenvalue weighted by molar-refractivity contribution is 6.35. The number of aromatic hydroxyl groups is 1. The van der Waals surface area contributed by atoms with Gasteiger partial charge in [-0.2, -0.15) is 0 Å². The van der Waals surface area contributed by atoms with Crippen LogP contribution >= 0.6 is 11.6 Å². The lowest BCUT2D eigenvalue weighted by molar-refractivity contribution is -0.138. The highest BCUT2D eigenvalue weighted by atomic mass is 35.5. The fraction of sp³-hybridized carbons (Fsp3) is 0.333. The summed E-state index contributed by atoms with van der Waals surface area (Å²) in [6.07, 6.45) is 0.688. The number of hydrogen-bond donors (Lipinski definition) is 2. The van der Waals surface area contributed by atoms with Crippen LogP contribution in [0.4, 0.5) is 4.39 Å². The average molecular weight is 392 g/mol. The Morgan fingerprint density at radius 3 is 2.52 bits per heavy atom. The van der Waals surface area contributed by atoms with Crippen LogP contribution in [0.3, 0.4) is 0 Å². The van der Waals surface area contributed by atoms with Crippen molar-refractivity contribution in [2.45, 2.75) is 26.7 Å². The van der Waals surface area contributed by atoms with Gasteiger partial charge in [0.05, 0.1) is 5.71 Å². The number of aliphatic imine (C=N–C) groups is 1. The number of halogens is 2. The zero-order chi connectivity index (χ0) is 20.0. The summed E-state index contributed by atoms with van der Waals surface area (Å²) < 4.78 is 13.8. The Morgan fingerprint density at radius 2 is 1.89 bits per heavy atom. The van der Waals surface area contributed by atoms with E-state index in [1.807, 2.05) is 13.8 Å². The minimum atomic E-state index is -0.885. The molecule has 27 heavy (non-hydrogen) atoms. The summed E-state index contributed by atoms with van der Waals surface area (Å²) >= 11 is 6.29. The Hall–Kier alpha value is -2.40. The smallest absolute Gasteiger partial charge is 0.303 e. The zero-order valence-electron chi connectivity index (χ0n) is 15.3. The van der Waals surface area contributed by atoms with Crippen molar-refractivity contribution in [2.75, 3.05) is 6.54 Å². The molecule has 0 aliphatic carbocycles. The monoisotopic (exact) mass is 391 g/mol. The molecule has 0 amide bonds. The van der Waals surface area contributed by atoms with Gasteiger partial charge in [0.15, 0.2) is 0 Å². The van der Waals surface area contributed by atoms with E-state index < -0.39 is 11.8 Å². The molecule has 0 radical (unpaired) electrons. The first-order valence-corrected chi connectivity index (χ1v) is 9.15. The van der Waals surface area contributed by atoms with E-state index in [2.05, 4.69) is 4.99 Å². The summed E-state index contributed by atoms with van der Waals surface area (Å²) in [4.78, 5) is 15.7. The van der Waals surface area contributed by atoms with Gasteiger partial charge in [0.1, 0.15) is 11.6 Å². The molecule has 1 atom stereocenters. The SMILES string of the molecule is CC(C)C[C@H](CN=C(c1cc(F)ccc1O)c1ccccc1Cl)CC(=O)O. The molecule has 4 nitrogen and oxygen atoms in total. The molecular weight excluding hydrogens is 369 g/mol. The van der Waals surface area contributed by atoms with Crippen LogP contribution in [0.25, 0.3) is 0 Å². The fourth-order valence-corrected chi connectivity index (χ4v) is 3.25. The van der Waals surface area contributed by atoms with E-state index in [1.165, 1.54) is 12.1 Å². The maximum Gasteiger partial charge on any atom is 0.303 e. The van der Waals surface area contributed by atoms with Crippen molar-refractivity contribution in [3.8, 4) is 5.75 Å². The molecule has 0 aliphatic heterocycles. The van der Waals surface area contributed by atoms with Crippen molar-refractivity contribution in [3.05, 3.63) is 64.4 Å². The molecule has 144 valence electrons. The fourth-order valence-electron chi connectivity index (χ4n) is 3.02. The molecule has 0 aromatic heterocycles. The second-order valence-corrected chi connectivity index (χ2v) is 7.33. The normalized spacial score (nSPS) is 13.0. The highest BCUT2D eigenvalue weighted by Crippen LogP contribution is 2.27. The predicted molar refractivity (Wildman–Crippen MR) is 105 cm³/mol. The molecule has 2 aromatic rings. The van der Waals surface area contributed by atoms with Crippen molar-refractivity contribution in [2.24, 2.45) is 16.8 Å². The molecule has 0 spiro atoms. The first-order chi connectivity index (χ1) is 12.8. The van der Waals surface area contributed by atoms with E-state index in [0.29, 0.717) is 28.6 Å². The minimum Gasteiger partial charge on any atom is -0.507 e. The van der Waals surface area contributed by atoms with Gasteiger partial charge in [0.25, 0.3) is 0 Å². The average Bonchev–Trinajstić information content (AvgIpc) is 2.58. The molecule has 6 heteroatoms. The lowest BCUT2D eigenvalue weighted by atomic mass is 9.94. The van der Waals surface area contributed by atoms with E-state index in [1.54, 1.807) is 24.3 Å². The number of phenolic OH excluding ortho intramolecular Hbond substituents is 1. The molecule has 2 rings (SSSR count). The van der Waals surface area contributed by atoms with E-state index in [9.17, 15) is 14.3 Å². The zero-order valence-corrected chi connectivity index (χ0v) is 16.1. The van der Waals surface area contributed by atoms with Crippen molar-refractivity contribution in [3.63, 3.8) is 0 Å². The van der Waals surface area contributed by atoms with Crippen LogP contribution < -0.4 is 0 Å². The number of carboxylic acids is 1. The van der Waals surface area contributed by atoms with E-state index in [0.717, 1.165) is 6.07 Å². The molecule has 0 saturated heterocycles. The molecule has 0 aliphatic rings. The minimum absolute atomic E-state index is 0.00733. The number of phenols is 1. The largest absolute Gasteiger partial charge is 0.507 e. The molecule has 2 aromatic carbocycles. The van der Waals surface area contributed by atoms with Gasteiger partial charge in [-0.05, 0) is 42.5 Å². The summed E-state index contributed by atoms with van der Waals surface area (Å²) in [5.74, 6) is -1.36. The maximum atomic E-state index is 13.8. The molecule has 0 saturated carbocycles. The number of carboxylic acid groups (broad SMARTS) is 1. The van der Waals surface area contributed by atoms with Crippen LogP contribution in [0, 0.1) is 17.7 Å². The van der Waals surface area contributed by atoms with Crippen molar-refractivity contribution >= 4 is 23.3 Å². The number of benzene rings is 2. The number of hydrogen-bond acceptors (Lipinski definition) is 3. The van der Waals surface area contributed by atoms with Crippen LogP contribution in [-0.2, 0) is 4.79 Å². The van der Waals surface area contributed by atoms with E-state index in [-0.39, 0.29) is 30.2 Å². The Kier molecular flexibility index (Phi) is 7.36. The Bertz CT molecular complexity index is 836. The standard InChI is InChI=1S/C21H23ClFNO3/c1-13(2)9-14(10-20(26)27)12-24-21(16-5-3-4-6-18(16)22)17-11-15(23)7-8-19(17)25/h3-8,11,13-14,25H,9-10,12H2,1-2H3,(H,26,27)/t14-/m0/s1. The van der Waals surface area contributed by atoms with Crippen LogP contribution in [0.1, 0.15) is 37.8 Å². The van der Waals surface area contributed by atoms with E-state index >= 15 is 0 Å². The summed E-state index contributed by atoms with van der Waals surface area (Å²) in [6.45, 7) is 4.28. The van der Waals surface area contributed by atoms with Crippen LogP contribution in [0.15, 0.2) is 47.5 Å². The Balaban J connectivity index is 2.48. The highest BCUT2D eigenvalue weighted by Gasteiger charge is 2.19. The Labute approximate surface area is 163 Å². The predicted octanol–water partition coefficient (Wildman–Crippen LogP) is 5.16. The molecular formula is C21H23ClFNO3. The third-order valence-corrected chi connectivity index (χ3v) is 4.45. The van der Waals surface area contributed by atoms with Crippen LogP contribution in [0.5, 0.6) is 5.75 Å². The lowest BCUT2D eigenvalue weighted by Crippen LogP contribution is -2.16. The maximum absolute atomic E-state index is 13.8. The van der Waals surface area contributed by atoms with Gasteiger partial charge < -0.3 is 10.2 Å². The second kappa shape index (κ2) is 9.51. The number of carbonyl (C=O) groups is 1. The third-order valence-electron chi connectivity index (χ3n) is 4.12. The molecule has 0 unspecified atom stereocenters. The van der Waals surface area contributed by atoms with Crippen LogP contribution in [0.2, 0.25) is 5.02 Å². The first-order valence-electron chi connectivity index (χ1n) is 8.78. The number of aliphatic carboxylic acids is 1. The summed E-state index contributed by atoms with van der Waals surface area (Å²) in [5.41, 5.74) is 1.12. The summed E-state index contributed by atoms with van der Waals surface area (Å²) in [7, 11) is 0. The molecule has 0 fully saturated rings. The van der Waals surface area contributed by atoms with Gasteiger partial charge in [-0.25, -0.2) is 4.39 Å². The van der Waals surface area contributed by atoms with Crippen molar-refractivity contribution in [1.82, 2.24) is 0 Å². The Morgan fingerprint density at radius 1 is 1.19 bits per heavy atom. The lowest BCUT2D eigenvalue weighted by Gasteiger charge is -2.17. The first kappa shape index (κ1) is 20.9. The van der Waals surface area contributed by atoms with Gasteiger partial charge in [0, 0.05) is 29.1 Å². The topological polar surface area (TPSA) is 69.9 Å². The number of rotatable bonds is 8. The van der Waals surface area contributed by atoms with E-state index in [4.69, 9.17) is 16.7 Å². The van der Waals surface area contributed by atoms with Crippen molar-refractivity contribution < 1.29 is 19.4 Å². The summed E-state index contributed by atoms with van der Waals surface area (Å²) in [6, 6.07) is 10.6. The molecule has 0 heterocycles. The second-order valence-electron chi connectivity index (χ2n) is 6.92. The van der Waals surface area contributed by atoms with Gasteiger partial charge in [-0.3, -0.25) is 9.79 Å². The molecule has 2 N–H and O–H groups in total. The van der Waals surface area contributed by atoms with Gasteiger partial charge in [-0.15, -0.1) is 0 Å². The van der Waals surface area contributed by atoms with Gasteiger partial charge in [-0.1, -0.05) is 43.6 Å². The summed E-state index contributed by atoms with van der Waals surface area (Å²) in [5, 5.41) is 19.8. The quantitative estimate of drug-likeness (QED) is 0.610. The van der Waals surface area contributed by atoms with Gasteiger partial charge >= 0.3 is 5.97 Å². The third kappa shape index (κ3) is 6.07.